The van der Waals surface area contributed by atoms with E-state index < -0.39 is 21.3 Å². The molecular weight excluding hydrogens is 396 g/mol. The Kier molecular flexibility index (Phi) is 5.68. The van der Waals surface area contributed by atoms with Crippen molar-refractivity contribution in [3.63, 3.8) is 0 Å². The molecule has 0 unspecified atom stereocenters. The Balaban J connectivity index is 1.92. The molecule has 2 heterocycles. The normalized spacial score (nSPS) is 17.8. The summed E-state index contributed by atoms with van der Waals surface area (Å²) in [6.45, 7) is 3.07. The van der Waals surface area contributed by atoms with Crippen LogP contribution in [0.25, 0.3) is 10.9 Å². The first-order valence-corrected chi connectivity index (χ1v) is 10.9. The monoisotopic (exact) mass is 422 g/mol. The highest BCUT2D eigenvalue weighted by molar-refractivity contribution is 7.89. The molecular formula is C19H26N4O5S. The Labute approximate surface area is 169 Å². The van der Waals surface area contributed by atoms with Gasteiger partial charge in [-0.2, -0.15) is 4.31 Å². The van der Waals surface area contributed by atoms with E-state index in [0.717, 1.165) is 21.7 Å². The van der Waals surface area contributed by atoms with Gasteiger partial charge in [-0.3, -0.25) is 18.7 Å². The molecule has 1 aromatic heterocycles. The van der Waals surface area contributed by atoms with E-state index in [9.17, 15) is 22.8 Å². The summed E-state index contributed by atoms with van der Waals surface area (Å²) >= 11 is 0. The van der Waals surface area contributed by atoms with E-state index in [1.54, 1.807) is 4.90 Å². The number of rotatable bonds is 4. The molecule has 0 radical (unpaired) electrons. The van der Waals surface area contributed by atoms with Crippen LogP contribution in [0, 0.1) is 5.92 Å². The number of sulfonamides is 1. The maximum absolute atomic E-state index is 13.0. The van der Waals surface area contributed by atoms with Crippen LogP contribution in [-0.2, 0) is 28.9 Å². The zero-order chi connectivity index (χ0) is 21.5. The summed E-state index contributed by atoms with van der Waals surface area (Å²) in [5.41, 5.74) is -0.712. The molecule has 9 nitrogen and oxygen atoms in total. The molecule has 1 aliphatic heterocycles. The van der Waals surface area contributed by atoms with Crippen molar-refractivity contribution in [2.24, 2.45) is 20.0 Å². The lowest BCUT2D eigenvalue weighted by atomic mass is 10.0. The standard InChI is InChI=1S/C19H26N4O5S/c1-13-6-5-9-23(11-13)17(24)12-20(2)29(27,28)14-7-8-16-15(10-14)18(25)22(4)19(26)21(16)3/h7-8,10,13H,5-6,9,11-12H2,1-4H3/t13-/m1/s1. The summed E-state index contributed by atoms with van der Waals surface area (Å²) in [6, 6.07) is 4.05. The van der Waals surface area contributed by atoms with Gasteiger partial charge in [0.2, 0.25) is 15.9 Å². The quantitative estimate of drug-likeness (QED) is 0.696. The Morgan fingerprint density at radius 1 is 1.21 bits per heavy atom. The molecule has 1 aliphatic rings. The maximum Gasteiger partial charge on any atom is 0.330 e. The van der Waals surface area contributed by atoms with Gasteiger partial charge in [0, 0.05) is 34.2 Å². The molecule has 1 amide bonds. The first-order valence-electron chi connectivity index (χ1n) is 9.48. The molecule has 29 heavy (non-hydrogen) atoms. The predicted molar refractivity (Wildman–Crippen MR) is 109 cm³/mol. The summed E-state index contributed by atoms with van der Waals surface area (Å²) < 4.78 is 29.2. The SMILES string of the molecule is C[C@@H]1CCCN(C(=O)CN(C)S(=O)(=O)c2ccc3c(c2)c(=O)n(C)c(=O)n3C)C1. The molecule has 1 fully saturated rings. The number of benzene rings is 1. The molecule has 1 saturated heterocycles. The van der Waals surface area contributed by atoms with E-state index in [0.29, 0.717) is 24.5 Å². The minimum absolute atomic E-state index is 0.0944. The smallest absolute Gasteiger partial charge is 0.330 e. The molecule has 0 bridgehead atoms. The number of likely N-dealkylation sites (tertiary alicyclic amines) is 1. The fraction of sp³-hybridized carbons (Fsp3) is 0.526. The molecule has 0 spiro atoms. The zero-order valence-corrected chi connectivity index (χ0v) is 17.9. The van der Waals surface area contributed by atoms with Gasteiger partial charge in [-0.05, 0) is 37.0 Å². The van der Waals surface area contributed by atoms with Crippen LogP contribution in [0.4, 0.5) is 0 Å². The molecule has 0 aliphatic carbocycles. The Hall–Kier alpha value is -2.46. The van der Waals surface area contributed by atoms with Crippen LogP contribution in [0.1, 0.15) is 19.8 Å². The third-order valence-corrected chi connectivity index (χ3v) is 7.31. The molecule has 10 heteroatoms. The second-order valence-corrected chi connectivity index (χ2v) is 9.78. The lowest BCUT2D eigenvalue weighted by Crippen LogP contribution is -2.45. The number of piperidine rings is 1. The van der Waals surface area contributed by atoms with Crippen molar-refractivity contribution in [1.29, 1.82) is 0 Å². The second kappa shape index (κ2) is 7.75. The third-order valence-electron chi connectivity index (χ3n) is 5.51. The molecule has 1 aromatic carbocycles. The maximum atomic E-state index is 13.0. The fourth-order valence-corrected chi connectivity index (χ4v) is 4.85. The van der Waals surface area contributed by atoms with Gasteiger partial charge in [0.05, 0.1) is 22.3 Å². The van der Waals surface area contributed by atoms with Gasteiger partial charge in [0.1, 0.15) is 0 Å². The fourth-order valence-electron chi connectivity index (χ4n) is 3.71. The van der Waals surface area contributed by atoms with Crippen LogP contribution in [-0.4, -0.2) is 59.3 Å². The van der Waals surface area contributed by atoms with E-state index in [-0.39, 0.29) is 22.7 Å². The number of amides is 1. The van der Waals surface area contributed by atoms with Crippen molar-refractivity contribution in [2.45, 2.75) is 24.7 Å². The van der Waals surface area contributed by atoms with Crippen molar-refractivity contribution in [1.82, 2.24) is 18.3 Å². The second-order valence-electron chi connectivity index (χ2n) is 7.73. The topological polar surface area (TPSA) is 102 Å². The van der Waals surface area contributed by atoms with Gasteiger partial charge < -0.3 is 4.90 Å². The molecule has 3 rings (SSSR count). The number of likely N-dealkylation sites (N-methyl/N-ethyl adjacent to an activating group) is 1. The van der Waals surface area contributed by atoms with E-state index in [1.165, 1.54) is 43.9 Å². The van der Waals surface area contributed by atoms with Crippen LogP contribution in [0.3, 0.4) is 0 Å². The first-order chi connectivity index (χ1) is 13.5. The molecule has 0 N–H and O–H groups in total. The summed E-state index contributed by atoms with van der Waals surface area (Å²) in [5, 5.41) is 0.125. The highest BCUT2D eigenvalue weighted by atomic mass is 32.2. The van der Waals surface area contributed by atoms with Gasteiger partial charge in [0.15, 0.2) is 0 Å². The van der Waals surface area contributed by atoms with Gasteiger partial charge >= 0.3 is 5.69 Å². The first kappa shape index (κ1) is 21.3. The van der Waals surface area contributed by atoms with Crippen LogP contribution in [0.2, 0.25) is 0 Å². The van der Waals surface area contributed by atoms with Gasteiger partial charge in [-0.25, -0.2) is 13.2 Å². The molecule has 0 saturated carbocycles. The van der Waals surface area contributed by atoms with Gasteiger partial charge in [-0.15, -0.1) is 0 Å². The highest BCUT2D eigenvalue weighted by Crippen LogP contribution is 2.20. The summed E-state index contributed by atoms with van der Waals surface area (Å²) in [7, 11) is 0.230. The average molecular weight is 423 g/mol. The van der Waals surface area contributed by atoms with Crippen LogP contribution < -0.4 is 11.2 Å². The Morgan fingerprint density at radius 2 is 1.90 bits per heavy atom. The van der Waals surface area contributed by atoms with Crippen LogP contribution >= 0.6 is 0 Å². The average Bonchev–Trinajstić information content (AvgIpc) is 2.70. The number of carbonyl (C=O) groups is 1. The lowest BCUT2D eigenvalue weighted by Gasteiger charge is -2.32. The van der Waals surface area contributed by atoms with Crippen molar-refractivity contribution in [3.8, 4) is 0 Å². The zero-order valence-electron chi connectivity index (χ0n) is 17.1. The number of carbonyl (C=O) groups excluding carboxylic acids is 1. The minimum atomic E-state index is -3.98. The van der Waals surface area contributed by atoms with E-state index in [2.05, 4.69) is 6.92 Å². The highest BCUT2D eigenvalue weighted by Gasteiger charge is 2.28. The molecule has 2 aromatic rings. The number of hydrogen-bond acceptors (Lipinski definition) is 5. The van der Waals surface area contributed by atoms with Crippen molar-refractivity contribution < 1.29 is 13.2 Å². The lowest BCUT2D eigenvalue weighted by molar-refractivity contribution is -0.132. The van der Waals surface area contributed by atoms with E-state index >= 15 is 0 Å². The van der Waals surface area contributed by atoms with Crippen LogP contribution in [0.15, 0.2) is 32.7 Å². The summed E-state index contributed by atoms with van der Waals surface area (Å²) in [4.78, 5) is 38.7. The number of nitrogens with zero attached hydrogens (tertiary/aromatic N) is 4. The number of aryl methyl sites for hydroxylation is 1. The summed E-state index contributed by atoms with van der Waals surface area (Å²) in [5.74, 6) is 0.166. The number of aromatic nitrogens is 2. The largest absolute Gasteiger partial charge is 0.341 e. The number of fused-ring (bicyclic) bond motifs is 1. The van der Waals surface area contributed by atoms with E-state index in [4.69, 9.17) is 0 Å². The Bertz CT molecular complexity index is 1180. The van der Waals surface area contributed by atoms with Crippen molar-refractivity contribution in [3.05, 3.63) is 39.0 Å². The predicted octanol–water partition coefficient (Wildman–Crippen LogP) is 0.116. The van der Waals surface area contributed by atoms with Crippen molar-refractivity contribution >= 4 is 26.8 Å². The Morgan fingerprint density at radius 3 is 2.55 bits per heavy atom. The van der Waals surface area contributed by atoms with Crippen LogP contribution in [0.5, 0.6) is 0 Å². The van der Waals surface area contributed by atoms with Crippen molar-refractivity contribution in [2.75, 3.05) is 26.7 Å². The minimum Gasteiger partial charge on any atom is -0.341 e. The van der Waals surface area contributed by atoms with Gasteiger partial charge in [0.25, 0.3) is 5.56 Å². The molecule has 158 valence electrons. The van der Waals surface area contributed by atoms with E-state index in [1.807, 2.05) is 0 Å². The third kappa shape index (κ3) is 3.86. The van der Waals surface area contributed by atoms with Gasteiger partial charge in [-0.1, -0.05) is 6.92 Å². The molecule has 1 atom stereocenters. The number of hydrogen-bond donors (Lipinski definition) is 0. The summed E-state index contributed by atoms with van der Waals surface area (Å²) in [6.07, 6.45) is 1.97.